The van der Waals surface area contributed by atoms with E-state index < -0.39 is 18.0 Å². The van der Waals surface area contributed by atoms with E-state index in [1.54, 1.807) is 12.1 Å². The summed E-state index contributed by atoms with van der Waals surface area (Å²) in [6.07, 6.45) is 0.525. The number of hydrogen-bond donors (Lipinski definition) is 3. The molecule has 0 spiro atoms. The third-order valence-corrected chi connectivity index (χ3v) is 2.39. The molecule has 0 aliphatic carbocycles. The summed E-state index contributed by atoms with van der Waals surface area (Å²) >= 11 is 0. The van der Waals surface area contributed by atoms with Crippen molar-refractivity contribution in [2.75, 3.05) is 5.32 Å². The van der Waals surface area contributed by atoms with Crippen LogP contribution in [0.25, 0.3) is 0 Å². The minimum absolute atomic E-state index is 0.277. The zero-order chi connectivity index (χ0) is 13.5. The molecule has 0 heterocycles. The van der Waals surface area contributed by atoms with E-state index in [1.165, 1.54) is 0 Å². The van der Waals surface area contributed by atoms with Gasteiger partial charge in [-0.05, 0) is 24.5 Å². The zero-order valence-corrected chi connectivity index (χ0v) is 10.6. The fraction of sp³-hybridized carbons (Fsp3) is 0.385. The number of primary amides is 1. The number of nitrogens with two attached hydrogens (primary N) is 1. The second-order valence-electron chi connectivity index (χ2n) is 4.55. The molecule has 0 saturated carbocycles. The van der Waals surface area contributed by atoms with Crippen molar-refractivity contribution in [3.8, 4) is 0 Å². The summed E-state index contributed by atoms with van der Waals surface area (Å²) in [6, 6.07) is 7.95. The van der Waals surface area contributed by atoms with Gasteiger partial charge in [-0.25, -0.2) is 4.79 Å². The van der Waals surface area contributed by atoms with Gasteiger partial charge < -0.3 is 16.4 Å². The smallest absolute Gasteiger partial charge is 0.319 e. The molecule has 0 fully saturated rings. The number of carbonyl (C=O) groups excluding carboxylic acids is 2. The summed E-state index contributed by atoms with van der Waals surface area (Å²) in [4.78, 5) is 22.9. The molecule has 18 heavy (non-hydrogen) atoms. The largest absolute Gasteiger partial charge is 0.368 e. The minimum atomic E-state index is -0.645. The summed E-state index contributed by atoms with van der Waals surface area (Å²) in [7, 11) is 0. The van der Waals surface area contributed by atoms with Gasteiger partial charge in [0.1, 0.15) is 6.04 Å². The van der Waals surface area contributed by atoms with Gasteiger partial charge >= 0.3 is 6.03 Å². The number of carbonyl (C=O) groups is 2. The maximum absolute atomic E-state index is 11.7. The fourth-order valence-corrected chi connectivity index (χ4v) is 1.56. The first-order valence-electron chi connectivity index (χ1n) is 5.91. The predicted octanol–water partition coefficient (Wildman–Crippen LogP) is 1.71. The van der Waals surface area contributed by atoms with Gasteiger partial charge in [0.2, 0.25) is 5.91 Å². The Balaban J connectivity index is 2.54. The summed E-state index contributed by atoms with van der Waals surface area (Å²) in [5.74, 6) is -0.244. The highest BCUT2D eigenvalue weighted by molar-refractivity contribution is 5.93. The standard InChI is InChI=1S/C13H19N3O2/c1-9(2)8-11(12(14)17)16-13(18)15-10-6-4-3-5-7-10/h3-7,9,11H,8H2,1-2H3,(H2,14,17)(H2,15,16,18)/t11-/m0/s1. The Labute approximate surface area is 107 Å². The molecule has 1 aromatic rings. The van der Waals surface area contributed by atoms with E-state index in [4.69, 9.17) is 5.73 Å². The number of anilines is 1. The van der Waals surface area contributed by atoms with Gasteiger partial charge in [-0.3, -0.25) is 4.79 Å². The Bertz CT molecular complexity index is 404. The van der Waals surface area contributed by atoms with Gasteiger partial charge in [-0.2, -0.15) is 0 Å². The van der Waals surface area contributed by atoms with E-state index in [-0.39, 0.29) is 5.92 Å². The number of amides is 3. The first-order chi connectivity index (χ1) is 8.49. The van der Waals surface area contributed by atoms with Crippen LogP contribution < -0.4 is 16.4 Å². The molecule has 0 unspecified atom stereocenters. The summed E-state index contributed by atoms with van der Waals surface area (Å²) in [6.45, 7) is 3.93. The van der Waals surface area contributed by atoms with E-state index in [2.05, 4.69) is 10.6 Å². The van der Waals surface area contributed by atoms with Crippen LogP contribution in [0.1, 0.15) is 20.3 Å². The van der Waals surface area contributed by atoms with Crippen LogP contribution in [0.2, 0.25) is 0 Å². The van der Waals surface area contributed by atoms with Gasteiger partial charge in [-0.1, -0.05) is 32.0 Å². The monoisotopic (exact) mass is 249 g/mol. The number of para-hydroxylation sites is 1. The van der Waals surface area contributed by atoms with Crippen LogP contribution in [0, 0.1) is 5.92 Å². The normalized spacial score (nSPS) is 11.9. The number of hydrogen-bond acceptors (Lipinski definition) is 2. The molecule has 0 aliphatic heterocycles. The molecule has 1 aromatic carbocycles. The second-order valence-corrected chi connectivity index (χ2v) is 4.55. The van der Waals surface area contributed by atoms with Gasteiger partial charge in [0.05, 0.1) is 0 Å². The van der Waals surface area contributed by atoms with Crippen LogP contribution in [0.15, 0.2) is 30.3 Å². The van der Waals surface area contributed by atoms with E-state index in [0.717, 1.165) is 0 Å². The predicted molar refractivity (Wildman–Crippen MR) is 71.0 cm³/mol. The lowest BCUT2D eigenvalue weighted by Gasteiger charge is -2.17. The van der Waals surface area contributed by atoms with Crippen LogP contribution in [0.3, 0.4) is 0 Å². The number of nitrogens with one attached hydrogen (secondary N) is 2. The third-order valence-electron chi connectivity index (χ3n) is 2.39. The molecule has 0 radical (unpaired) electrons. The molecule has 0 saturated heterocycles. The molecule has 4 N–H and O–H groups in total. The van der Waals surface area contributed by atoms with Crippen molar-refractivity contribution in [2.24, 2.45) is 11.7 Å². The van der Waals surface area contributed by atoms with Crippen molar-refractivity contribution in [3.63, 3.8) is 0 Å². The molecule has 3 amide bonds. The van der Waals surface area contributed by atoms with Crippen molar-refractivity contribution >= 4 is 17.6 Å². The average Bonchev–Trinajstić information content (AvgIpc) is 2.28. The highest BCUT2D eigenvalue weighted by Crippen LogP contribution is 2.07. The van der Waals surface area contributed by atoms with Crippen molar-refractivity contribution < 1.29 is 9.59 Å². The highest BCUT2D eigenvalue weighted by atomic mass is 16.2. The maximum Gasteiger partial charge on any atom is 0.319 e. The number of rotatable bonds is 5. The van der Waals surface area contributed by atoms with Crippen molar-refractivity contribution in [3.05, 3.63) is 30.3 Å². The molecular formula is C13H19N3O2. The number of benzene rings is 1. The highest BCUT2D eigenvalue weighted by Gasteiger charge is 2.19. The summed E-state index contributed by atoms with van der Waals surface area (Å²) in [5, 5.41) is 5.21. The molecule has 0 bridgehead atoms. The maximum atomic E-state index is 11.7. The summed E-state index contributed by atoms with van der Waals surface area (Å²) in [5.41, 5.74) is 5.91. The SMILES string of the molecule is CC(C)C[C@H](NC(=O)Nc1ccccc1)C(N)=O. The Morgan fingerprint density at radius 3 is 2.33 bits per heavy atom. The lowest BCUT2D eigenvalue weighted by molar-refractivity contribution is -0.120. The van der Waals surface area contributed by atoms with Crippen LogP contribution in [0.4, 0.5) is 10.5 Å². The van der Waals surface area contributed by atoms with Gasteiger partial charge in [0.25, 0.3) is 0 Å². The molecule has 5 heteroatoms. The number of urea groups is 1. The van der Waals surface area contributed by atoms with Crippen molar-refractivity contribution in [1.29, 1.82) is 0 Å². The molecule has 1 atom stereocenters. The Morgan fingerprint density at radius 2 is 1.83 bits per heavy atom. The first kappa shape index (κ1) is 14.0. The molecule has 0 aromatic heterocycles. The molecular weight excluding hydrogens is 230 g/mol. The van der Waals surface area contributed by atoms with Crippen LogP contribution in [-0.4, -0.2) is 18.0 Å². The van der Waals surface area contributed by atoms with Crippen molar-refractivity contribution in [2.45, 2.75) is 26.3 Å². The van der Waals surface area contributed by atoms with E-state index in [1.807, 2.05) is 32.0 Å². The lowest BCUT2D eigenvalue weighted by atomic mass is 10.0. The van der Waals surface area contributed by atoms with Crippen LogP contribution in [-0.2, 0) is 4.79 Å². The Kier molecular flexibility index (Phi) is 5.17. The third kappa shape index (κ3) is 4.86. The lowest BCUT2D eigenvalue weighted by Crippen LogP contribution is -2.46. The Morgan fingerprint density at radius 1 is 1.22 bits per heavy atom. The first-order valence-corrected chi connectivity index (χ1v) is 5.91. The van der Waals surface area contributed by atoms with E-state index >= 15 is 0 Å². The van der Waals surface area contributed by atoms with E-state index in [0.29, 0.717) is 12.1 Å². The topological polar surface area (TPSA) is 84.2 Å². The quantitative estimate of drug-likeness (QED) is 0.742. The van der Waals surface area contributed by atoms with Gasteiger partial charge in [0.15, 0.2) is 0 Å². The minimum Gasteiger partial charge on any atom is -0.368 e. The van der Waals surface area contributed by atoms with Crippen LogP contribution >= 0.6 is 0 Å². The molecule has 98 valence electrons. The average molecular weight is 249 g/mol. The van der Waals surface area contributed by atoms with Gasteiger partial charge in [-0.15, -0.1) is 0 Å². The molecule has 1 rings (SSSR count). The van der Waals surface area contributed by atoms with Gasteiger partial charge in [0, 0.05) is 5.69 Å². The van der Waals surface area contributed by atoms with Crippen molar-refractivity contribution in [1.82, 2.24) is 5.32 Å². The zero-order valence-electron chi connectivity index (χ0n) is 10.6. The Hall–Kier alpha value is -2.04. The fourth-order valence-electron chi connectivity index (χ4n) is 1.56. The molecule has 0 aliphatic rings. The second kappa shape index (κ2) is 6.64. The molecule has 5 nitrogen and oxygen atoms in total. The summed E-state index contributed by atoms with van der Waals surface area (Å²) < 4.78 is 0. The van der Waals surface area contributed by atoms with E-state index in [9.17, 15) is 9.59 Å². The van der Waals surface area contributed by atoms with Crippen LogP contribution in [0.5, 0.6) is 0 Å².